The van der Waals surface area contributed by atoms with Gasteiger partial charge in [0.25, 0.3) is 0 Å². The zero-order chi connectivity index (χ0) is 18.6. The van der Waals surface area contributed by atoms with Crippen molar-refractivity contribution in [2.75, 3.05) is 14.2 Å². The minimum atomic E-state index is -0.00460. The predicted octanol–water partition coefficient (Wildman–Crippen LogP) is 5.64. The van der Waals surface area contributed by atoms with E-state index in [-0.39, 0.29) is 5.78 Å². The van der Waals surface area contributed by atoms with Gasteiger partial charge in [-0.15, -0.1) is 0 Å². The summed E-state index contributed by atoms with van der Waals surface area (Å²) < 4.78 is 10.4. The molecule has 0 amide bonds. The third kappa shape index (κ3) is 6.40. The van der Waals surface area contributed by atoms with Crippen molar-refractivity contribution in [2.45, 2.75) is 38.5 Å². The molecule has 0 atom stereocenters. The molecule has 2 aromatic carbocycles. The summed E-state index contributed by atoms with van der Waals surface area (Å²) in [5, 5.41) is 0. The summed E-state index contributed by atoms with van der Waals surface area (Å²) in [6.07, 6.45) is 10.5. The number of ether oxygens (including phenoxy) is 2. The highest BCUT2D eigenvalue weighted by Gasteiger charge is 2.08. The quantitative estimate of drug-likeness (QED) is 0.298. The Bertz CT molecular complexity index is 705. The van der Waals surface area contributed by atoms with Gasteiger partial charge in [-0.2, -0.15) is 0 Å². The van der Waals surface area contributed by atoms with Crippen LogP contribution < -0.4 is 9.47 Å². The molecule has 0 saturated heterocycles. The number of carbonyl (C=O) groups excluding carboxylic acids is 1. The molecule has 2 aromatic rings. The average Bonchev–Trinajstić information content (AvgIpc) is 2.70. The van der Waals surface area contributed by atoms with Gasteiger partial charge in [-0.25, -0.2) is 0 Å². The van der Waals surface area contributed by atoms with Crippen molar-refractivity contribution >= 4 is 5.78 Å². The van der Waals surface area contributed by atoms with Crippen molar-refractivity contribution in [3.8, 4) is 11.5 Å². The summed E-state index contributed by atoms with van der Waals surface area (Å²) in [7, 11) is 3.15. The highest BCUT2D eigenvalue weighted by molar-refractivity contribution is 6.04. The van der Waals surface area contributed by atoms with Crippen molar-refractivity contribution in [3.05, 3.63) is 71.8 Å². The van der Waals surface area contributed by atoms with E-state index in [1.807, 2.05) is 6.08 Å². The lowest BCUT2D eigenvalue weighted by atomic mass is 10.0. The second kappa shape index (κ2) is 11.1. The molecule has 2 rings (SSSR count). The minimum absolute atomic E-state index is 0.00460. The molecule has 0 N–H and O–H groups in total. The fourth-order valence-electron chi connectivity index (χ4n) is 2.87. The number of benzene rings is 2. The van der Waals surface area contributed by atoms with Crippen LogP contribution in [0.4, 0.5) is 0 Å². The standard InChI is InChI=1S/C23H28O3/c1-25-22-17-16-20(18-23(22)26-2)21(24)15-11-6-4-3-5-8-12-19-13-9-7-10-14-19/h7,9-11,13-18H,3-6,8,12H2,1-2H3/b15-11+. The summed E-state index contributed by atoms with van der Waals surface area (Å²) in [5.41, 5.74) is 2.02. The zero-order valence-electron chi connectivity index (χ0n) is 15.7. The number of hydrogen-bond acceptors (Lipinski definition) is 3. The van der Waals surface area contributed by atoms with Gasteiger partial charge in [-0.3, -0.25) is 4.79 Å². The first-order chi connectivity index (χ1) is 12.7. The van der Waals surface area contributed by atoms with Gasteiger partial charge in [-0.05, 0) is 55.5 Å². The number of unbranched alkanes of at least 4 members (excludes halogenated alkanes) is 4. The zero-order valence-corrected chi connectivity index (χ0v) is 15.7. The molecule has 0 unspecified atom stereocenters. The monoisotopic (exact) mass is 352 g/mol. The second-order valence-corrected chi connectivity index (χ2v) is 6.27. The minimum Gasteiger partial charge on any atom is -0.493 e. The first kappa shape index (κ1) is 19.8. The Morgan fingerprint density at radius 3 is 2.35 bits per heavy atom. The Kier molecular flexibility index (Phi) is 8.47. The van der Waals surface area contributed by atoms with E-state index in [9.17, 15) is 4.79 Å². The van der Waals surface area contributed by atoms with E-state index in [0.717, 1.165) is 19.3 Å². The molecular formula is C23H28O3. The fraction of sp³-hybridized carbons (Fsp3) is 0.348. The number of aryl methyl sites for hydroxylation is 1. The van der Waals surface area contributed by atoms with Gasteiger partial charge in [-0.1, -0.05) is 49.2 Å². The normalized spacial score (nSPS) is 10.8. The first-order valence-electron chi connectivity index (χ1n) is 9.21. The third-order valence-electron chi connectivity index (χ3n) is 4.37. The molecule has 3 nitrogen and oxygen atoms in total. The largest absolute Gasteiger partial charge is 0.493 e. The summed E-state index contributed by atoms with van der Waals surface area (Å²) in [5.74, 6) is 1.20. The highest BCUT2D eigenvalue weighted by atomic mass is 16.5. The summed E-state index contributed by atoms with van der Waals surface area (Å²) in [4.78, 5) is 12.2. The molecule has 0 aliphatic carbocycles. The number of methoxy groups -OCH3 is 2. The molecule has 0 saturated carbocycles. The van der Waals surface area contributed by atoms with E-state index in [2.05, 4.69) is 30.3 Å². The number of hydrogen-bond donors (Lipinski definition) is 0. The van der Waals surface area contributed by atoms with Crippen molar-refractivity contribution in [1.82, 2.24) is 0 Å². The van der Waals surface area contributed by atoms with E-state index in [0.29, 0.717) is 17.1 Å². The fourth-order valence-corrected chi connectivity index (χ4v) is 2.87. The van der Waals surface area contributed by atoms with Crippen LogP contribution in [0.3, 0.4) is 0 Å². The van der Waals surface area contributed by atoms with Crippen LogP contribution in [-0.4, -0.2) is 20.0 Å². The molecule has 0 aliphatic heterocycles. The Morgan fingerprint density at radius 2 is 1.62 bits per heavy atom. The third-order valence-corrected chi connectivity index (χ3v) is 4.37. The molecule has 138 valence electrons. The SMILES string of the molecule is COc1ccc(C(=O)/C=C/CCCCCCc2ccccc2)cc1OC. The van der Waals surface area contributed by atoms with Crippen molar-refractivity contribution in [2.24, 2.45) is 0 Å². The van der Waals surface area contributed by atoms with Gasteiger partial charge in [0.05, 0.1) is 14.2 Å². The summed E-state index contributed by atoms with van der Waals surface area (Å²) >= 11 is 0. The van der Waals surface area contributed by atoms with E-state index in [4.69, 9.17) is 9.47 Å². The van der Waals surface area contributed by atoms with Gasteiger partial charge in [0.15, 0.2) is 17.3 Å². The molecule has 0 aliphatic rings. The number of rotatable bonds is 11. The lowest BCUT2D eigenvalue weighted by Gasteiger charge is -2.07. The van der Waals surface area contributed by atoms with Crippen LogP contribution in [-0.2, 0) is 6.42 Å². The maximum atomic E-state index is 12.2. The van der Waals surface area contributed by atoms with Gasteiger partial charge in [0.2, 0.25) is 0 Å². The maximum absolute atomic E-state index is 12.2. The summed E-state index contributed by atoms with van der Waals surface area (Å²) in [6, 6.07) is 15.8. The van der Waals surface area contributed by atoms with Crippen LogP contribution in [0.5, 0.6) is 11.5 Å². The lowest BCUT2D eigenvalue weighted by Crippen LogP contribution is -1.97. The van der Waals surface area contributed by atoms with E-state index in [1.54, 1.807) is 38.5 Å². The molecule has 26 heavy (non-hydrogen) atoms. The molecule has 0 aromatic heterocycles. The van der Waals surface area contributed by atoms with E-state index in [1.165, 1.54) is 24.8 Å². The van der Waals surface area contributed by atoms with Crippen molar-refractivity contribution < 1.29 is 14.3 Å². The molecule has 0 spiro atoms. The van der Waals surface area contributed by atoms with Crippen LogP contribution in [0, 0.1) is 0 Å². The topological polar surface area (TPSA) is 35.5 Å². The lowest BCUT2D eigenvalue weighted by molar-refractivity contribution is 0.104. The summed E-state index contributed by atoms with van der Waals surface area (Å²) in [6.45, 7) is 0. The van der Waals surface area contributed by atoms with Gasteiger partial charge >= 0.3 is 0 Å². The first-order valence-corrected chi connectivity index (χ1v) is 9.21. The van der Waals surface area contributed by atoms with E-state index >= 15 is 0 Å². The maximum Gasteiger partial charge on any atom is 0.185 e. The van der Waals surface area contributed by atoms with Crippen molar-refractivity contribution in [3.63, 3.8) is 0 Å². The smallest absolute Gasteiger partial charge is 0.185 e. The van der Waals surface area contributed by atoms with Crippen LogP contribution >= 0.6 is 0 Å². The molecule has 0 heterocycles. The van der Waals surface area contributed by atoms with E-state index < -0.39 is 0 Å². The van der Waals surface area contributed by atoms with Gasteiger partial charge in [0.1, 0.15) is 0 Å². The van der Waals surface area contributed by atoms with Gasteiger partial charge < -0.3 is 9.47 Å². The van der Waals surface area contributed by atoms with Gasteiger partial charge in [0, 0.05) is 5.56 Å². The highest BCUT2D eigenvalue weighted by Crippen LogP contribution is 2.27. The van der Waals surface area contributed by atoms with Crippen LogP contribution in [0.2, 0.25) is 0 Å². The Morgan fingerprint density at radius 1 is 0.885 bits per heavy atom. The van der Waals surface area contributed by atoms with Crippen molar-refractivity contribution in [1.29, 1.82) is 0 Å². The number of allylic oxidation sites excluding steroid dienone is 2. The Hall–Kier alpha value is -2.55. The van der Waals surface area contributed by atoms with Crippen LogP contribution in [0.25, 0.3) is 0 Å². The molecule has 0 bridgehead atoms. The molecular weight excluding hydrogens is 324 g/mol. The molecule has 0 radical (unpaired) electrons. The second-order valence-electron chi connectivity index (χ2n) is 6.27. The van der Waals surface area contributed by atoms with Crippen LogP contribution in [0.1, 0.15) is 48.0 Å². The van der Waals surface area contributed by atoms with Crippen LogP contribution in [0.15, 0.2) is 60.7 Å². The number of carbonyl (C=O) groups is 1. The number of ketones is 1. The average molecular weight is 352 g/mol. The Labute approximate surface area is 156 Å². The molecule has 0 fully saturated rings. The predicted molar refractivity (Wildman–Crippen MR) is 106 cm³/mol. The Balaban J connectivity index is 1.66. The molecule has 3 heteroatoms.